The number of halogens is 1. The lowest BCUT2D eigenvalue weighted by atomic mass is 10.1. The zero-order valence-electron chi connectivity index (χ0n) is 9.89. The normalized spacial score (nSPS) is 12.1. The summed E-state index contributed by atoms with van der Waals surface area (Å²) in [6, 6.07) is 10.0. The second-order valence-electron chi connectivity index (χ2n) is 3.86. The van der Waals surface area contributed by atoms with Gasteiger partial charge in [-0.1, -0.05) is 46.3 Å². The number of rotatable bonds is 4. The predicted octanol–water partition coefficient (Wildman–Crippen LogP) is 3.32. The average molecular weight is 325 g/mol. The fourth-order valence-electron chi connectivity index (χ4n) is 1.56. The first-order valence-corrected chi connectivity index (χ1v) is 7.35. The third kappa shape index (κ3) is 3.17. The van der Waals surface area contributed by atoms with E-state index in [1.165, 1.54) is 11.3 Å². The molecule has 1 heterocycles. The van der Waals surface area contributed by atoms with E-state index in [1.807, 2.05) is 37.3 Å². The first-order valence-electron chi connectivity index (χ1n) is 5.56. The molecule has 18 heavy (non-hydrogen) atoms. The number of thiazole rings is 1. The van der Waals surface area contributed by atoms with Gasteiger partial charge in [0.05, 0.1) is 16.0 Å². The molecule has 1 amide bonds. The second-order valence-corrected chi connectivity index (χ2v) is 5.82. The van der Waals surface area contributed by atoms with Crippen LogP contribution in [-0.2, 0) is 0 Å². The van der Waals surface area contributed by atoms with E-state index in [9.17, 15) is 4.79 Å². The van der Waals surface area contributed by atoms with E-state index in [-0.39, 0.29) is 10.7 Å². The van der Waals surface area contributed by atoms with Crippen LogP contribution in [0.1, 0.15) is 25.8 Å². The molecule has 3 nitrogen and oxygen atoms in total. The zero-order chi connectivity index (χ0) is 13.0. The van der Waals surface area contributed by atoms with Gasteiger partial charge in [-0.2, -0.15) is 0 Å². The highest BCUT2D eigenvalue weighted by Gasteiger charge is 2.13. The molecule has 0 saturated heterocycles. The number of nitrogens with one attached hydrogen (secondary N) is 1. The standard InChI is InChI=1S/C13H13BrN2OS/c1-9-12(18-8-16-9)13(17)15-7-11(14)10-5-3-2-4-6-10/h2-6,8,11H,7H2,1H3,(H,15,17). The molecular weight excluding hydrogens is 312 g/mol. The number of carbonyl (C=O) groups excluding carboxylic acids is 1. The van der Waals surface area contributed by atoms with E-state index in [2.05, 4.69) is 26.2 Å². The van der Waals surface area contributed by atoms with Crippen molar-refractivity contribution in [3.63, 3.8) is 0 Å². The Morgan fingerprint density at radius 2 is 2.17 bits per heavy atom. The molecule has 1 aromatic carbocycles. The molecule has 5 heteroatoms. The molecule has 1 N–H and O–H groups in total. The number of aromatic nitrogens is 1. The van der Waals surface area contributed by atoms with Crippen molar-refractivity contribution in [3.8, 4) is 0 Å². The Morgan fingerprint density at radius 3 is 2.78 bits per heavy atom. The van der Waals surface area contributed by atoms with Gasteiger partial charge < -0.3 is 5.32 Å². The Labute approximate surface area is 118 Å². The summed E-state index contributed by atoms with van der Waals surface area (Å²) in [5.74, 6) is -0.0598. The molecule has 0 aliphatic heterocycles. The van der Waals surface area contributed by atoms with Crippen LogP contribution in [0.3, 0.4) is 0 Å². The van der Waals surface area contributed by atoms with Crippen molar-refractivity contribution in [2.24, 2.45) is 0 Å². The van der Waals surface area contributed by atoms with Crippen molar-refractivity contribution >= 4 is 33.2 Å². The fraction of sp³-hybridized carbons (Fsp3) is 0.231. The monoisotopic (exact) mass is 324 g/mol. The second kappa shape index (κ2) is 6.11. The minimum atomic E-state index is -0.0598. The van der Waals surface area contributed by atoms with Gasteiger partial charge in [-0.3, -0.25) is 4.79 Å². The third-order valence-corrected chi connectivity index (χ3v) is 4.33. The lowest BCUT2D eigenvalue weighted by molar-refractivity contribution is 0.0957. The Kier molecular flexibility index (Phi) is 4.49. The van der Waals surface area contributed by atoms with Gasteiger partial charge in [-0.15, -0.1) is 11.3 Å². The van der Waals surface area contributed by atoms with E-state index in [0.717, 1.165) is 11.3 Å². The zero-order valence-corrected chi connectivity index (χ0v) is 12.3. The van der Waals surface area contributed by atoms with Crippen LogP contribution >= 0.6 is 27.3 Å². The van der Waals surface area contributed by atoms with Crippen LogP contribution in [0.15, 0.2) is 35.8 Å². The highest BCUT2D eigenvalue weighted by Crippen LogP contribution is 2.21. The smallest absolute Gasteiger partial charge is 0.263 e. The van der Waals surface area contributed by atoms with Crippen molar-refractivity contribution < 1.29 is 4.79 Å². The highest BCUT2D eigenvalue weighted by atomic mass is 79.9. The van der Waals surface area contributed by atoms with Crippen LogP contribution in [0, 0.1) is 6.92 Å². The van der Waals surface area contributed by atoms with Crippen LogP contribution in [0.25, 0.3) is 0 Å². The lowest BCUT2D eigenvalue weighted by Crippen LogP contribution is -2.26. The molecule has 2 aromatic rings. The molecular formula is C13H13BrN2OS. The van der Waals surface area contributed by atoms with Gasteiger partial charge in [0.25, 0.3) is 5.91 Å². The van der Waals surface area contributed by atoms with Crippen LogP contribution in [0.2, 0.25) is 0 Å². The molecule has 0 bridgehead atoms. The van der Waals surface area contributed by atoms with Crippen LogP contribution in [-0.4, -0.2) is 17.4 Å². The molecule has 0 aliphatic carbocycles. The summed E-state index contributed by atoms with van der Waals surface area (Å²) in [4.78, 5) is 16.8. The summed E-state index contributed by atoms with van der Waals surface area (Å²) in [6.45, 7) is 2.40. The Balaban J connectivity index is 1.93. The molecule has 1 aromatic heterocycles. The van der Waals surface area contributed by atoms with Gasteiger partial charge in [0.15, 0.2) is 0 Å². The van der Waals surface area contributed by atoms with Gasteiger partial charge in [-0.25, -0.2) is 4.98 Å². The predicted molar refractivity (Wildman–Crippen MR) is 77.3 cm³/mol. The number of benzene rings is 1. The number of carbonyl (C=O) groups is 1. The third-order valence-electron chi connectivity index (χ3n) is 2.55. The maximum absolute atomic E-state index is 11.9. The SMILES string of the molecule is Cc1ncsc1C(=O)NCC(Br)c1ccccc1. The highest BCUT2D eigenvalue weighted by molar-refractivity contribution is 9.09. The van der Waals surface area contributed by atoms with Crippen molar-refractivity contribution in [3.05, 3.63) is 52.0 Å². The van der Waals surface area contributed by atoms with Crippen LogP contribution < -0.4 is 5.32 Å². The Morgan fingerprint density at radius 1 is 1.44 bits per heavy atom. The summed E-state index contributed by atoms with van der Waals surface area (Å²) < 4.78 is 0. The number of alkyl halides is 1. The first-order chi connectivity index (χ1) is 8.68. The summed E-state index contributed by atoms with van der Waals surface area (Å²) in [5.41, 5.74) is 3.62. The van der Waals surface area contributed by atoms with E-state index < -0.39 is 0 Å². The molecule has 0 aliphatic rings. The van der Waals surface area contributed by atoms with Gasteiger partial charge in [0.1, 0.15) is 4.88 Å². The Bertz CT molecular complexity index is 527. The minimum absolute atomic E-state index is 0.0598. The maximum Gasteiger partial charge on any atom is 0.263 e. The summed E-state index contributed by atoms with van der Waals surface area (Å²) in [5, 5.41) is 2.91. The van der Waals surface area contributed by atoms with Gasteiger partial charge >= 0.3 is 0 Å². The van der Waals surface area contributed by atoms with Crippen molar-refractivity contribution in [2.75, 3.05) is 6.54 Å². The number of hydrogen-bond acceptors (Lipinski definition) is 3. The van der Waals surface area contributed by atoms with Crippen molar-refractivity contribution in [2.45, 2.75) is 11.8 Å². The van der Waals surface area contributed by atoms with Crippen LogP contribution in [0.5, 0.6) is 0 Å². The lowest BCUT2D eigenvalue weighted by Gasteiger charge is -2.11. The minimum Gasteiger partial charge on any atom is -0.350 e. The van der Waals surface area contributed by atoms with E-state index >= 15 is 0 Å². The molecule has 94 valence electrons. The molecule has 0 radical (unpaired) electrons. The number of aryl methyl sites for hydroxylation is 1. The van der Waals surface area contributed by atoms with Crippen molar-refractivity contribution in [1.82, 2.24) is 10.3 Å². The van der Waals surface area contributed by atoms with E-state index in [1.54, 1.807) is 5.51 Å². The number of amides is 1. The molecule has 0 saturated carbocycles. The topological polar surface area (TPSA) is 42.0 Å². The first kappa shape index (κ1) is 13.2. The molecule has 0 fully saturated rings. The molecule has 1 unspecified atom stereocenters. The fourth-order valence-corrected chi connectivity index (χ4v) is 2.75. The summed E-state index contributed by atoms with van der Waals surface area (Å²) in [6.07, 6.45) is 0. The van der Waals surface area contributed by atoms with Gasteiger partial charge in [0.2, 0.25) is 0 Å². The quantitative estimate of drug-likeness (QED) is 0.876. The van der Waals surface area contributed by atoms with E-state index in [0.29, 0.717) is 11.4 Å². The molecule has 1 atom stereocenters. The molecule has 2 rings (SSSR count). The van der Waals surface area contributed by atoms with Crippen LogP contribution in [0.4, 0.5) is 0 Å². The van der Waals surface area contributed by atoms with Gasteiger partial charge in [-0.05, 0) is 12.5 Å². The largest absolute Gasteiger partial charge is 0.350 e. The average Bonchev–Trinajstić information content (AvgIpc) is 2.83. The summed E-state index contributed by atoms with van der Waals surface area (Å²) in [7, 11) is 0. The van der Waals surface area contributed by atoms with E-state index in [4.69, 9.17) is 0 Å². The Hall–Kier alpha value is -1.20. The maximum atomic E-state index is 11.9. The number of hydrogen-bond donors (Lipinski definition) is 1. The number of nitrogens with zero attached hydrogens (tertiary/aromatic N) is 1. The molecule has 0 spiro atoms. The van der Waals surface area contributed by atoms with Gasteiger partial charge in [0, 0.05) is 6.54 Å². The summed E-state index contributed by atoms with van der Waals surface area (Å²) >= 11 is 4.94. The van der Waals surface area contributed by atoms with Crippen molar-refractivity contribution in [1.29, 1.82) is 0 Å².